The topological polar surface area (TPSA) is 61.8 Å². The predicted octanol–water partition coefficient (Wildman–Crippen LogP) is 1.19. The molecule has 0 radical (unpaired) electrons. The zero-order valence-corrected chi connectivity index (χ0v) is 11.9. The van der Waals surface area contributed by atoms with Gasteiger partial charge in [0.15, 0.2) is 0 Å². The number of aromatic carboxylic acids is 1. The molecule has 0 bridgehead atoms. The number of ether oxygens (including phenoxy) is 1. The van der Waals surface area contributed by atoms with E-state index >= 15 is 0 Å². The van der Waals surface area contributed by atoms with Crippen molar-refractivity contribution in [2.75, 3.05) is 40.4 Å². The molecule has 1 aromatic carbocycles. The van der Waals surface area contributed by atoms with Crippen molar-refractivity contribution in [2.45, 2.75) is 6.54 Å². The summed E-state index contributed by atoms with van der Waals surface area (Å²) in [5, 5.41) is 11.9. The molecule has 0 aliphatic carbocycles. The van der Waals surface area contributed by atoms with Crippen LogP contribution in [-0.2, 0) is 11.3 Å². The number of benzene rings is 1. The van der Waals surface area contributed by atoms with Gasteiger partial charge in [-0.15, -0.1) is 0 Å². The maximum Gasteiger partial charge on any atom is 0.338 e. The van der Waals surface area contributed by atoms with Gasteiger partial charge in [-0.1, -0.05) is 6.07 Å². The number of carbonyl (C=O) groups is 1. The molecule has 0 aromatic heterocycles. The number of rotatable bonds is 9. The number of carboxylic acid groups (broad SMARTS) is 1. The molecule has 0 saturated carbocycles. The van der Waals surface area contributed by atoms with E-state index in [-0.39, 0.29) is 5.56 Å². The summed E-state index contributed by atoms with van der Waals surface area (Å²) in [6.07, 6.45) is 0. The molecule has 2 N–H and O–H groups in total. The van der Waals surface area contributed by atoms with Crippen LogP contribution in [0.15, 0.2) is 18.2 Å². The molecule has 112 valence electrons. The average molecular weight is 284 g/mol. The van der Waals surface area contributed by atoms with Crippen LogP contribution in [0.5, 0.6) is 0 Å². The number of nitrogens with zero attached hydrogens (tertiary/aromatic N) is 1. The van der Waals surface area contributed by atoms with Gasteiger partial charge in [0.2, 0.25) is 0 Å². The average Bonchev–Trinajstić information content (AvgIpc) is 2.41. The molecule has 0 fully saturated rings. The molecule has 0 heterocycles. The van der Waals surface area contributed by atoms with Gasteiger partial charge < -0.3 is 20.1 Å². The number of halogens is 1. The van der Waals surface area contributed by atoms with Crippen LogP contribution in [0.3, 0.4) is 0 Å². The molecular formula is C14H21FN2O3. The van der Waals surface area contributed by atoms with Gasteiger partial charge in [0.05, 0.1) is 12.2 Å². The highest BCUT2D eigenvalue weighted by Crippen LogP contribution is 2.10. The Labute approximate surface area is 118 Å². The Kier molecular flexibility index (Phi) is 7.14. The fourth-order valence-corrected chi connectivity index (χ4v) is 1.70. The summed E-state index contributed by atoms with van der Waals surface area (Å²) in [7, 11) is 3.67. The van der Waals surface area contributed by atoms with E-state index in [1.807, 2.05) is 7.05 Å². The Morgan fingerprint density at radius 2 is 2.20 bits per heavy atom. The lowest BCUT2D eigenvalue weighted by Crippen LogP contribution is -2.31. The zero-order valence-electron chi connectivity index (χ0n) is 11.9. The van der Waals surface area contributed by atoms with Crippen molar-refractivity contribution in [2.24, 2.45) is 0 Å². The second-order valence-electron chi connectivity index (χ2n) is 4.59. The number of methoxy groups -OCH3 is 1. The van der Waals surface area contributed by atoms with Gasteiger partial charge >= 0.3 is 5.97 Å². The van der Waals surface area contributed by atoms with E-state index in [1.165, 1.54) is 12.1 Å². The lowest BCUT2D eigenvalue weighted by atomic mass is 10.1. The van der Waals surface area contributed by atoms with Crippen LogP contribution in [0, 0.1) is 5.82 Å². The number of carboxylic acids is 1. The largest absolute Gasteiger partial charge is 0.478 e. The van der Waals surface area contributed by atoms with Crippen LogP contribution in [0.25, 0.3) is 0 Å². The minimum Gasteiger partial charge on any atom is -0.478 e. The van der Waals surface area contributed by atoms with Gasteiger partial charge in [0.1, 0.15) is 5.82 Å². The fourth-order valence-electron chi connectivity index (χ4n) is 1.70. The van der Waals surface area contributed by atoms with Crippen molar-refractivity contribution >= 4 is 5.97 Å². The van der Waals surface area contributed by atoms with E-state index in [1.54, 1.807) is 13.2 Å². The molecule has 20 heavy (non-hydrogen) atoms. The SMILES string of the molecule is COCCN(C)CCNCc1ccc(C(=O)O)c(F)c1. The third kappa shape index (κ3) is 5.64. The van der Waals surface area contributed by atoms with Crippen molar-refractivity contribution in [3.8, 4) is 0 Å². The Balaban J connectivity index is 2.32. The van der Waals surface area contributed by atoms with Crippen LogP contribution in [0.1, 0.15) is 15.9 Å². The quantitative estimate of drug-likeness (QED) is 0.667. The molecule has 1 rings (SSSR count). The predicted molar refractivity (Wildman–Crippen MR) is 74.4 cm³/mol. The molecule has 5 nitrogen and oxygen atoms in total. The summed E-state index contributed by atoms with van der Waals surface area (Å²) in [4.78, 5) is 12.8. The molecule has 0 aliphatic rings. The Hall–Kier alpha value is -1.50. The third-order valence-corrected chi connectivity index (χ3v) is 2.94. The number of likely N-dealkylation sites (N-methyl/N-ethyl adjacent to an activating group) is 1. The summed E-state index contributed by atoms with van der Waals surface area (Å²) < 4.78 is 18.4. The van der Waals surface area contributed by atoms with Crippen molar-refractivity contribution in [3.63, 3.8) is 0 Å². The van der Waals surface area contributed by atoms with Gasteiger partial charge in [0.25, 0.3) is 0 Å². The fraction of sp³-hybridized carbons (Fsp3) is 0.500. The summed E-state index contributed by atoms with van der Waals surface area (Å²) in [6, 6.07) is 4.17. The summed E-state index contributed by atoms with van der Waals surface area (Å²) >= 11 is 0. The number of hydrogen-bond donors (Lipinski definition) is 2. The van der Waals surface area contributed by atoms with E-state index in [0.717, 1.165) is 25.2 Å². The minimum atomic E-state index is -1.25. The lowest BCUT2D eigenvalue weighted by Gasteiger charge is -2.16. The van der Waals surface area contributed by atoms with E-state index in [9.17, 15) is 9.18 Å². The van der Waals surface area contributed by atoms with E-state index in [0.29, 0.717) is 13.2 Å². The number of nitrogens with one attached hydrogen (secondary N) is 1. The molecule has 1 aromatic rings. The molecule has 0 spiro atoms. The first kappa shape index (κ1) is 16.6. The summed E-state index contributed by atoms with van der Waals surface area (Å²) in [5.74, 6) is -1.95. The van der Waals surface area contributed by atoms with Crippen LogP contribution in [-0.4, -0.2) is 56.4 Å². The normalized spacial score (nSPS) is 11.0. The van der Waals surface area contributed by atoms with Gasteiger partial charge in [-0.3, -0.25) is 0 Å². The maximum atomic E-state index is 13.4. The first-order valence-corrected chi connectivity index (χ1v) is 6.44. The smallest absolute Gasteiger partial charge is 0.338 e. The third-order valence-electron chi connectivity index (χ3n) is 2.94. The van der Waals surface area contributed by atoms with Crippen LogP contribution in [0.2, 0.25) is 0 Å². The van der Waals surface area contributed by atoms with Gasteiger partial charge in [-0.25, -0.2) is 9.18 Å². The Morgan fingerprint density at radius 1 is 1.45 bits per heavy atom. The van der Waals surface area contributed by atoms with Gasteiger partial charge in [-0.2, -0.15) is 0 Å². The first-order chi connectivity index (χ1) is 9.54. The van der Waals surface area contributed by atoms with E-state index in [2.05, 4.69) is 10.2 Å². The van der Waals surface area contributed by atoms with Crippen molar-refractivity contribution in [1.29, 1.82) is 0 Å². The van der Waals surface area contributed by atoms with Crippen molar-refractivity contribution in [3.05, 3.63) is 35.1 Å². The molecular weight excluding hydrogens is 263 g/mol. The molecule has 0 aliphatic heterocycles. The minimum absolute atomic E-state index is 0.298. The second kappa shape index (κ2) is 8.63. The highest BCUT2D eigenvalue weighted by atomic mass is 19.1. The number of hydrogen-bond acceptors (Lipinski definition) is 4. The Bertz CT molecular complexity index is 440. The first-order valence-electron chi connectivity index (χ1n) is 6.44. The molecule has 6 heteroatoms. The van der Waals surface area contributed by atoms with Gasteiger partial charge in [0, 0.05) is 33.3 Å². The van der Waals surface area contributed by atoms with Crippen molar-refractivity contribution in [1.82, 2.24) is 10.2 Å². The van der Waals surface area contributed by atoms with Crippen molar-refractivity contribution < 1.29 is 19.0 Å². The zero-order chi connectivity index (χ0) is 15.0. The van der Waals surface area contributed by atoms with Crippen LogP contribution in [0.4, 0.5) is 4.39 Å². The molecule has 0 amide bonds. The summed E-state index contributed by atoms with van der Waals surface area (Å²) in [6.45, 7) is 3.69. The summed E-state index contributed by atoms with van der Waals surface area (Å²) in [5.41, 5.74) is 0.431. The maximum absolute atomic E-state index is 13.4. The van der Waals surface area contributed by atoms with Crippen LogP contribution < -0.4 is 5.32 Å². The molecule has 0 saturated heterocycles. The second-order valence-corrected chi connectivity index (χ2v) is 4.59. The van der Waals surface area contributed by atoms with E-state index in [4.69, 9.17) is 9.84 Å². The Morgan fingerprint density at radius 3 is 2.80 bits per heavy atom. The highest BCUT2D eigenvalue weighted by molar-refractivity contribution is 5.87. The molecule has 0 atom stereocenters. The van der Waals surface area contributed by atoms with E-state index < -0.39 is 11.8 Å². The molecule has 0 unspecified atom stereocenters. The lowest BCUT2D eigenvalue weighted by molar-refractivity contribution is 0.0692. The highest BCUT2D eigenvalue weighted by Gasteiger charge is 2.09. The van der Waals surface area contributed by atoms with Crippen LogP contribution >= 0.6 is 0 Å². The van der Waals surface area contributed by atoms with Gasteiger partial charge in [-0.05, 0) is 24.7 Å². The standard InChI is InChI=1S/C14H21FN2O3/c1-17(7-8-20-2)6-5-16-10-11-3-4-12(14(18)19)13(15)9-11/h3-4,9,16H,5-8,10H2,1-2H3,(H,18,19). The monoisotopic (exact) mass is 284 g/mol.